The van der Waals surface area contributed by atoms with E-state index < -0.39 is 0 Å². The van der Waals surface area contributed by atoms with E-state index in [0.717, 1.165) is 63.4 Å². The summed E-state index contributed by atoms with van der Waals surface area (Å²) in [5.41, 5.74) is 4.78. The highest BCUT2D eigenvalue weighted by atomic mass is 16.2. The zero-order valence-electron chi connectivity index (χ0n) is 15.7. The number of fused-ring (bicyclic) bond motifs is 1. The lowest BCUT2D eigenvalue weighted by molar-refractivity contribution is 0.123. The summed E-state index contributed by atoms with van der Waals surface area (Å²) < 4.78 is 2.00. The maximum atomic E-state index is 12.9. The minimum Gasteiger partial charge on any atom is -0.324 e. The molecule has 3 heterocycles. The fraction of sp³-hybridized carbons (Fsp3) is 0.500. The van der Waals surface area contributed by atoms with Crippen molar-refractivity contribution in [3.8, 4) is 11.3 Å². The molecule has 0 saturated carbocycles. The van der Waals surface area contributed by atoms with Crippen LogP contribution in [-0.4, -0.2) is 76.8 Å². The molecule has 0 radical (unpaired) electrons. The molecule has 0 aliphatic carbocycles. The summed E-state index contributed by atoms with van der Waals surface area (Å²) in [5.74, 6) is 0. The van der Waals surface area contributed by atoms with Gasteiger partial charge in [-0.15, -0.1) is 0 Å². The van der Waals surface area contributed by atoms with E-state index in [0.29, 0.717) is 0 Å². The second-order valence-corrected chi connectivity index (χ2v) is 7.32. The first-order chi connectivity index (χ1) is 12.6. The highest BCUT2D eigenvalue weighted by Gasteiger charge is 2.28. The Kier molecular flexibility index (Phi) is 4.68. The predicted molar refractivity (Wildman–Crippen MR) is 102 cm³/mol. The van der Waals surface area contributed by atoms with Crippen molar-refractivity contribution < 1.29 is 4.79 Å². The molecule has 6 nitrogen and oxygen atoms in total. The van der Waals surface area contributed by atoms with E-state index in [4.69, 9.17) is 5.10 Å². The van der Waals surface area contributed by atoms with E-state index in [2.05, 4.69) is 36.2 Å². The number of urea groups is 1. The summed E-state index contributed by atoms with van der Waals surface area (Å²) in [4.78, 5) is 19.2. The van der Waals surface area contributed by atoms with Gasteiger partial charge in [0.15, 0.2) is 0 Å². The highest BCUT2D eigenvalue weighted by Crippen LogP contribution is 2.28. The molecule has 1 aromatic heterocycles. The average Bonchev–Trinajstić information content (AvgIpc) is 2.84. The second-order valence-electron chi connectivity index (χ2n) is 7.32. The van der Waals surface area contributed by atoms with Crippen molar-refractivity contribution in [2.75, 3.05) is 46.3 Å². The van der Waals surface area contributed by atoms with Gasteiger partial charge < -0.3 is 14.7 Å². The number of aromatic nitrogens is 2. The molecule has 4 rings (SSSR count). The average molecular weight is 353 g/mol. The lowest BCUT2D eigenvalue weighted by Gasteiger charge is -2.35. The van der Waals surface area contributed by atoms with Crippen molar-refractivity contribution in [3.63, 3.8) is 0 Å². The van der Waals surface area contributed by atoms with E-state index in [-0.39, 0.29) is 6.03 Å². The molecule has 26 heavy (non-hydrogen) atoms. The van der Waals surface area contributed by atoms with Crippen LogP contribution in [0.5, 0.6) is 0 Å². The van der Waals surface area contributed by atoms with Crippen LogP contribution in [0.25, 0.3) is 11.3 Å². The molecular formula is C20H27N5O. The van der Waals surface area contributed by atoms with E-state index in [9.17, 15) is 4.79 Å². The maximum Gasteiger partial charge on any atom is 0.320 e. The summed E-state index contributed by atoms with van der Waals surface area (Å²) in [6.07, 6.45) is 1.73. The van der Waals surface area contributed by atoms with Crippen molar-refractivity contribution in [3.05, 3.63) is 41.6 Å². The number of hydrogen-bond donors (Lipinski definition) is 0. The van der Waals surface area contributed by atoms with Crippen LogP contribution in [0, 0.1) is 0 Å². The van der Waals surface area contributed by atoms with E-state index in [1.54, 1.807) is 0 Å². The highest BCUT2D eigenvalue weighted by molar-refractivity contribution is 5.75. The Morgan fingerprint density at radius 1 is 0.885 bits per heavy atom. The van der Waals surface area contributed by atoms with Gasteiger partial charge in [-0.05, 0) is 13.5 Å². The molecule has 2 amide bonds. The third-order valence-electron chi connectivity index (χ3n) is 5.62. The van der Waals surface area contributed by atoms with Gasteiger partial charge in [0.2, 0.25) is 0 Å². The number of aryl methyl sites for hydroxylation is 1. The van der Waals surface area contributed by atoms with Gasteiger partial charge in [0.1, 0.15) is 0 Å². The van der Waals surface area contributed by atoms with Gasteiger partial charge in [-0.3, -0.25) is 4.68 Å². The van der Waals surface area contributed by atoms with Gasteiger partial charge in [0.05, 0.1) is 5.69 Å². The molecule has 6 heteroatoms. The Labute approximate surface area is 155 Å². The Hall–Kier alpha value is -2.34. The molecule has 0 bridgehead atoms. The zero-order valence-corrected chi connectivity index (χ0v) is 15.7. The van der Waals surface area contributed by atoms with Crippen molar-refractivity contribution in [1.29, 1.82) is 0 Å². The first kappa shape index (κ1) is 17.1. The van der Waals surface area contributed by atoms with Crippen LogP contribution in [-0.2, 0) is 19.9 Å². The SMILES string of the molecule is CN1CCN(C(=O)N2CCc3c(-c4ccccc4)nn(C)c3CC2)CC1. The molecule has 0 N–H and O–H groups in total. The lowest BCUT2D eigenvalue weighted by atomic mass is 10.0. The smallest absolute Gasteiger partial charge is 0.320 e. The number of benzene rings is 1. The Bertz CT molecular complexity index is 777. The van der Waals surface area contributed by atoms with Gasteiger partial charge in [0, 0.05) is 69.6 Å². The summed E-state index contributed by atoms with van der Waals surface area (Å²) in [6, 6.07) is 10.6. The number of piperazine rings is 1. The standard InChI is InChI=1S/C20H27N5O/c1-22-12-14-25(15-13-22)20(26)24-10-8-17-18(9-11-24)23(2)21-19(17)16-6-4-3-5-7-16/h3-7H,8-15H2,1-2H3. The van der Waals surface area contributed by atoms with Crippen LogP contribution >= 0.6 is 0 Å². The maximum absolute atomic E-state index is 12.9. The predicted octanol–water partition coefficient (Wildman–Crippen LogP) is 1.86. The Morgan fingerprint density at radius 2 is 1.54 bits per heavy atom. The Balaban J connectivity index is 1.52. The fourth-order valence-electron chi connectivity index (χ4n) is 3.99. The number of nitrogens with zero attached hydrogens (tertiary/aromatic N) is 5. The Morgan fingerprint density at radius 3 is 2.27 bits per heavy atom. The van der Waals surface area contributed by atoms with Crippen molar-refractivity contribution in [2.45, 2.75) is 12.8 Å². The third-order valence-corrected chi connectivity index (χ3v) is 5.62. The van der Waals surface area contributed by atoms with Crippen LogP contribution in [0.4, 0.5) is 4.79 Å². The minimum absolute atomic E-state index is 0.195. The molecule has 138 valence electrons. The van der Waals surface area contributed by atoms with Gasteiger partial charge >= 0.3 is 6.03 Å². The number of amides is 2. The minimum atomic E-state index is 0.195. The van der Waals surface area contributed by atoms with Gasteiger partial charge in [-0.2, -0.15) is 5.10 Å². The van der Waals surface area contributed by atoms with Crippen LogP contribution in [0.3, 0.4) is 0 Å². The van der Waals surface area contributed by atoms with E-state index >= 15 is 0 Å². The number of rotatable bonds is 1. The number of carbonyl (C=O) groups is 1. The monoisotopic (exact) mass is 353 g/mol. The van der Waals surface area contributed by atoms with E-state index in [1.807, 2.05) is 27.6 Å². The summed E-state index contributed by atoms with van der Waals surface area (Å²) in [7, 11) is 4.13. The van der Waals surface area contributed by atoms with Crippen LogP contribution in [0.2, 0.25) is 0 Å². The molecule has 1 fully saturated rings. The molecule has 1 aromatic carbocycles. The first-order valence-electron chi connectivity index (χ1n) is 9.46. The zero-order chi connectivity index (χ0) is 18.1. The van der Waals surface area contributed by atoms with Crippen molar-refractivity contribution in [1.82, 2.24) is 24.5 Å². The topological polar surface area (TPSA) is 44.6 Å². The molecule has 0 unspecified atom stereocenters. The van der Waals surface area contributed by atoms with Gasteiger partial charge in [-0.25, -0.2) is 4.79 Å². The number of hydrogen-bond acceptors (Lipinski definition) is 3. The molecular weight excluding hydrogens is 326 g/mol. The lowest BCUT2D eigenvalue weighted by Crippen LogP contribution is -2.52. The summed E-state index contributed by atoms with van der Waals surface area (Å²) in [6.45, 7) is 5.12. The fourth-order valence-corrected chi connectivity index (χ4v) is 3.99. The van der Waals surface area contributed by atoms with Gasteiger partial charge in [0.25, 0.3) is 0 Å². The largest absolute Gasteiger partial charge is 0.324 e. The molecule has 2 aromatic rings. The van der Waals surface area contributed by atoms with Gasteiger partial charge in [-0.1, -0.05) is 30.3 Å². The van der Waals surface area contributed by atoms with Crippen LogP contribution in [0.15, 0.2) is 30.3 Å². The summed E-state index contributed by atoms with van der Waals surface area (Å²) in [5, 5.41) is 4.77. The molecule has 2 aliphatic rings. The van der Waals surface area contributed by atoms with E-state index in [1.165, 1.54) is 11.3 Å². The first-order valence-corrected chi connectivity index (χ1v) is 9.46. The molecule has 1 saturated heterocycles. The number of likely N-dealkylation sites (N-methyl/N-ethyl adjacent to an activating group) is 1. The summed E-state index contributed by atoms with van der Waals surface area (Å²) >= 11 is 0. The van der Waals surface area contributed by atoms with Crippen molar-refractivity contribution >= 4 is 6.03 Å². The third kappa shape index (κ3) is 3.21. The van der Waals surface area contributed by atoms with Crippen LogP contribution < -0.4 is 0 Å². The molecule has 0 spiro atoms. The van der Waals surface area contributed by atoms with Crippen molar-refractivity contribution in [2.24, 2.45) is 7.05 Å². The molecule has 0 atom stereocenters. The van der Waals surface area contributed by atoms with Crippen LogP contribution in [0.1, 0.15) is 11.3 Å². The second kappa shape index (κ2) is 7.11. The molecule has 2 aliphatic heterocycles. The quantitative estimate of drug-likeness (QED) is 0.786. The number of carbonyl (C=O) groups excluding carboxylic acids is 1. The normalized spacial score (nSPS) is 18.5.